The van der Waals surface area contributed by atoms with Crippen LogP contribution in [-0.2, 0) is 6.54 Å². The van der Waals surface area contributed by atoms with E-state index >= 15 is 0 Å². The Morgan fingerprint density at radius 3 is 2.65 bits per heavy atom. The minimum atomic E-state index is 0.516. The molecule has 0 saturated carbocycles. The third-order valence-corrected chi connectivity index (χ3v) is 5.19. The maximum Gasteiger partial charge on any atom is 0.187 e. The molecule has 124 valence electrons. The number of hydrogen-bond acceptors (Lipinski definition) is 6. The van der Waals surface area contributed by atoms with Gasteiger partial charge in [-0.05, 0) is 32.4 Å². The molecular weight excluding hydrogens is 308 g/mol. The number of hydrogen-bond donors (Lipinski definition) is 1. The van der Waals surface area contributed by atoms with Crippen LogP contribution in [-0.4, -0.2) is 48.9 Å². The second kappa shape index (κ2) is 8.40. The van der Waals surface area contributed by atoms with Crippen LogP contribution in [0, 0.1) is 0 Å². The summed E-state index contributed by atoms with van der Waals surface area (Å²) in [6.45, 7) is 5.30. The lowest BCUT2D eigenvalue weighted by atomic mass is 9.96. The molecule has 0 atom stereocenters. The van der Waals surface area contributed by atoms with Gasteiger partial charge < -0.3 is 0 Å². The molecule has 1 aliphatic rings. The molecule has 7 heteroatoms. The first kappa shape index (κ1) is 16.4. The van der Waals surface area contributed by atoms with Gasteiger partial charge in [-0.15, -0.1) is 0 Å². The van der Waals surface area contributed by atoms with E-state index in [1.165, 1.54) is 18.4 Å². The Balaban J connectivity index is 1.45. The van der Waals surface area contributed by atoms with Gasteiger partial charge in [0, 0.05) is 36.2 Å². The summed E-state index contributed by atoms with van der Waals surface area (Å²) in [5, 5.41) is 7.84. The average molecular weight is 332 g/mol. The smallest absolute Gasteiger partial charge is 0.187 e. The predicted octanol–water partition coefficient (Wildman–Crippen LogP) is 2.87. The van der Waals surface area contributed by atoms with Gasteiger partial charge in [0.1, 0.15) is 12.2 Å². The number of nitrogens with one attached hydrogen (secondary N) is 1. The summed E-state index contributed by atoms with van der Waals surface area (Å²) >= 11 is 1.75. The molecule has 1 fully saturated rings. The van der Waals surface area contributed by atoms with Crippen LogP contribution in [0.25, 0.3) is 0 Å². The largest absolute Gasteiger partial charge is 0.299 e. The Hall–Kier alpha value is -1.47. The highest BCUT2D eigenvalue weighted by Crippen LogP contribution is 2.25. The molecule has 1 N–H and O–H groups in total. The highest BCUT2D eigenvalue weighted by molar-refractivity contribution is 7.99. The highest BCUT2D eigenvalue weighted by Gasteiger charge is 2.22. The van der Waals surface area contributed by atoms with Gasteiger partial charge in [-0.3, -0.25) is 10.00 Å². The minimum Gasteiger partial charge on any atom is -0.299 e. The number of aromatic nitrogens is 5. The molecule has 23 heavy (non-hydrogen) atoms. The van der Waals surface area contributed by atoms with Gasteiger partial charge in [-0.25, -0.2) is 15.0 Å². The third kappa shape index (κ3) is 4.75. The zero-order valence-corrected chi connectivity index (χ0v) is 14.4. The van der Waals surface area contributed by atoms with Gasteiger partial charge in [0.2, 0.25) is 0 Å². The van der Waals surface area contributed by atoms with Crippen molar-refractivity contribution in [1.29, 1.82) is 0 Å². The zero-order chi connectivity index (χ0) is 15.9. The Morgan fingerprint density at radius 2 is 2.00 bits per heavy atom. The number of aromatic amines is 1. The SMILES string of the molecule is CCCCSc1ncc(CN2CCC(c3ncn[nH]3)CC2)cn1. The first-order valence-electron chi connectivity index (χ1n) is 8.36. The van der Waals surface area contributed by atoms with E-state index in [1.54, 1.807) is 18.1 Å². The summed E-state index contributed by atoms with van der Waals surface area (Å²) in [7, 11) is 0. The van der Waals surface area contributed by atoms with Crippen LogP contribution in [0.1, 0.15) is 49.9 Å². The van der Waals surface area contributed by atoms with E-state index in [0.29, 0.717) is 5.92 Å². The van der Waals surface area contributed by atoms with Gasteiger partial charge >= 0.3 is 0 Å². The number of likely N-dealkylation sites (tertiary alicyclic amines) is 1. The standard InChI is InChI=1S/C16H24N6S/c1-2-3-8-23-16-17-9-13(10-18-16)11-22-6-4-14(5-7-22)15-19-12-20-21-15/h9-10,12,14H,2-8,11H2,1H3,(H,19,20,21). The molecule has 1 aliphatic heterocycles. The Bertz CT molecular complexity index is 563. The summed E-state index contributed by atoms with van der Waals surface area (Å²) in [5.41, 5.74) is 1.20. The number of piperidine rings is 1. The lowest BCUT2D eigenvalue weighted by Gasteiger charge is -2.30. The molecule has 2 aromatic heterocycles. The van der Waals surface area contributed by atoms with E-state index in [9.17, 15) is 0 Å². The quantitative estimate of drug-likeness (QED) is 0.477. The number of unbranched alkanes of at least 4 members (excludes halogenated alkanes) is 1. The maximum atomic E-state index is 4.47. The molecule has 0 amide bonds. The monoisotopic (exact) mass is 332 g/mol. The molecule has 1 saturated heterocycles. The van der Waals surface area contributed by atoms with E-state index in [0.717, 1.165) is 49.2 Å². The Labute approximate surface area is 141 Å². The van der Waals surface area contributed by atoms with Crippen molar-refractivity contribution in [1.82, 2.24) is 30.0 Å². The second-order valence-corrected chi connectivity index (χ2v) is 7.06. The Kier molecular flexibility index (Phi) is 5.99. The molecule has 6 nitrogen and oxygen atoms in total. The van der Waals surface area contributed by atoms with Crippen LogP contribution < -0.4 is 0 Å². The summed E-state index contributed by atoms with van der Waals surface area (Å²) in [5.74, 6) is 2.65. The summed E-state index contributed by atoms with van der Waals surface area (Å²) in [6, 6.07) is 0. The van der Waals surface area contributed by atoms with Gasteiger partial charge in [-0.1, -0.05) is 25.1 Å². The molecule has 0 radical (unpaired) electrons. The number of H-pyrrole nitrogens is 1. The van der Waals surface area contributed by atoms with Crippen LogP contribution >= 0.6 is 11.8 Å². The molecule has 2 aromatic rings. The zero-order valence-electron chi connectivity index (χ0n) is 13.6. The van der Waals surface area contributed by atoms with Crippen LogP contribution in [0.2, 0.25) is 0 Å². The van der Waals surface area contributed by atoms with Crippen molar-refractivity contribution in [3.05, 3.63) is 30.1 Å². The van der Waals surface area contributed by atoms with Crippen LogP contribution in [0.3, 0.4) is 0 Å². The van der Waals surface area contributed by atoms with Gasteiger partial charge in [0.05, 0.1) is 0 Å². The lowest BCUT2D eigenvalue weighted by Crippen LogP contribution is -2.32. The number of rotatable bonds is 7. The second-order valence-electron chi connectivity index (χ2n) is 6.00. The molecular formula is C16H24N6S. The minimum absolute atomic E-state index is 0.516. The third-order valence-electron chi connectivity index (χ3n) is 4.22. The van der Waals surface area contributed by atoms with E-state index in [-0.39, 0.29) is 0 Å². The number of thioether (sulfide) groups is 1. The fraction of sp³-hybridized carbons (Fsp3) is 0.625. The van der Waals surface area contributed by atoms with Crippen LogP contribution in [0.5, 0.6) is 0 Å². The van der Waals surface area contributed by atoms with Crippen molar-refractivity contribution in [3.8, 4) is 0 Å². The molecule has 0 spiro atoms. The normalized spacial score (nSPS) is 16.7. The van der Waals surface area contributed by atoms with Crippen molar-refractivity contribution >= 4 is 11.8 Å². The first-order valence-corrected chi connectivity index (χ1v) is 9.35. The maximum absolute atomic E-state index is 4.47. The van der Waals surface area contributed by atoms with Crippen LogP contribution in [0.4, 0.5) is 0 Å². The number of nitrogens with zero attached hydrogens (tertiary/aromatic N) is 5. The van der Waals surface area contributed by atoms with Crippen LogP contribution in [0.15, 0.2) is 23.9 Å². The predicted molar refractivity (Wildman–Crippen MR) is 91.3 cm³/mol. The van der Waals surface area contributed by atoms with Crippen molar-refractivity contribution in [2.45, 2.75) is 50.2 Å². The summed E-state index contributed by atoms with van der Waals surface area (Å²) in [4.78, 5) is 15.7. The molecule has 3 rings (SSSR count). The van der Waals surface area contributed by atoms with Crippen molar-refractivity contribution in [2.24, 2.45) is 0 Å². The van der Waals surface area contributed by atoms with E-state index < -0.39 is 0 Å². The van der Waals surface area contributed by atoms with E-state index in [4.69, 9.17) is 0 Å². The fourth-order valence-corrected chi connectivity index (χ4v) is 3.71. The van der Waals surface area contributed by atoms with E-state index in [1.807, 2.05) is 12.4 Å². The average Bonchev–Trinajstić information content (AvgIpc) is 3.12. The first-order chi connectivity index (χ1) is 11.3. The van der Waals surface area contributed by atoms with Crippen molar-refractivity contribution in [2.75, 3.05) is 18.8 Å². The van der Waals surface area contributed by atoms with Gasteiger partial charge in [-0.2, -0.15) is 5.10 Å². The molecule has 0 aliphatic carbocycles. The topological polar surface area (TPSA) is 70.6 Å². The van der Waals surface area contributed by atoms with Gasteiger partial charge in [0.25, 0.3) is 0 Å². The molecule has 0 aromatic carbocycles. The Morgan fingerprint density at radius 1 is 1.22 bits per heavy atom. The summed E-state index contributed by atoms with van der Waals surface area (Å²) in [6.07, 6.45) is 10.2. The molecule has 3 heterocycles. The highest BCUT2D eigenvalue weighted by atomic mass is 32.2. The van der Waals surface area contributed by atoms with Crippen molar-refractivity contribution in [3.63, 3.8) is 0 Å². The van der Waals surface area contributed by atoms with Gasteiger partial charge in [0.15, 0.2) is 5.16 Å². The summed E-state index contributed by atoms with van der Waals surface area (Å²) < 4.78 is 0. The lowest BCUT2D eigenvalue weighted by molar-refractivity contribution is 0.201. The molecule has 0 unspecified atom stereocenters. The molecule has 0 bridgehead atoms. The fourth-order valence-electron chi connectivity index (χ4n) is 2.84. The van der Waals surface area contributed by atoms with Crippen molar-refractivity contribution < 1.29 is 0 Å². The van der Waals surface area contributed by atoms with E-state index in [2.05, 4.69) is 37.0 Å².